The van der Waals surface area contributed by atoms with Crippen molar-refractivity contribution in [2.75, 3.05) is 6.54 Å². The molecule has 0 spiro atoms. The summed E-state index contributed by atoms with van der Waals surface area (Å²) in [6, 6.07) is 5.22. The fourth-order valence-corrected chi connectivity index (χ4v) is 3.24. The standard InChI is InChI=1S/C17H13ClF2N2O4S/c18-15-9(2-1-5-22-27(24)25)6-11(19)16(20)14(15)17(23)10-3-4-12-13(7-10)26-8-21-12/h3-4,6-8,22H,1-2,5H2,(H,24,25)/p-1. The van der Waals surface area contributed by atoms with E-state index in [1.165, 1.54) is 24.6 Å². The van der Waals surface area contributed by atoms with Gasteiger partial charge in [0.25, 0.3) is 0 Å². The minimum Gasteiger partial charge on any atom is -0.760 e. The molecule has 142 valence electrons. The zero-order valence-corrected chi connectivity index (χ0v) is 15.2. The summed E-state index contributed by atoms with van der Waals surface area (Å²) in [6.45, 7) is 0.0941. The van der Waals surface area contributed by atoms with Gasteiger partial charge in [-0.3, -0.25) is 9.00 Å². The molecule has 1 unspecified atom stereocenters. The number of hydrogen-bond acceptors (Lipinski definition) is 5. The van der Waals surface area contributed by atoms with Gasteiger partial charge in [0.05, 0.1) is 10.6 Å². The maximum atomic E-state index is 14.3. The van der Waals surface area contributed by atoms with Gasteiger partial charge < -0.3 is 8.97 Å². The Hall–Kier alpha value is -2.20. The molecule has 27 heavy (non-hydrogen) atoms. The summed E-state index contributed by atoms with van der Waals surface area (Å²) in [4.78, 5) is 16.7. The third-order valence-electron chi connectivity index (χ3n) is 3.89. The van der Waals surface area contributed by atoms with Gasteiger partial charge in [0.2, 0.25) is 0 Å². The first-order valence-corrected chi connectivity index (χ1v) is 9.21. The molecule has 10 heteroatoms. The summed E-state index contributed by atoms with van der Waals surface area (Å²) < 4.78 is 56.5. The highest BCUT2D eigenvalue weighted by atomic mass is 35.5. The monoisotopic (exact) mass is 413 g/mol. The van der Waals surface area contributed by atoms with Crippen molar-refractivity contribution in [1.29, 1.82) is 0 Å². The smallest absolute Gasteiger partial charge is 0.197 e. The summed E-state index contributed by atoms with van der Waals surface area (Å²) in [7, 11) is 0. The largest absolute Gasteiger partial charge is 0.760 e. The minimum absolute atomic E-state index is 0.0695. The highest BCUT2D eigenvalue weighted by Gasteiger charge is 2.24. The number of halogens is 3. The van der Waals surface area contributed by atoms with Gasteiger partial charge in [-0.1, -0.05) is 11.6 Å². The van der Waals surface area contributed by atoms with Gasteiger partial charge in [-0.25, -0.2) is 18.5 Å². The van der Waals surface area contributed by atoms with Crippen LogP contribution in [0.4, 0.5) is 8.78 Å². The lowest BCUT2D eigenvalue weighted by atomic mass is 9.98. The lowest BCUT2D eigenvalue weighted by molar-refractivity contribution is 0.103. The number of aryl methyl sites for hydroxylation is 1. The Kier molecular flexibility index (Phi) is 5.95. The van der Waals surface area contributed by atoms with Crippen molar-refractivity contribution in [2.45, 2.75) is 12.8 Å². The summed E-state index contributed by atoms with van der Waals surface area (Å²) >= 11 is 3.75. The zero-order valence-electron chi connectivity index (χ0n) is 13.6. The highest BCUT2D eigenvalue weighted by molar-refractivity contribution is 7.77. The molecule has 0 saturated heterocycles. The average Bonchev–Trinajstić information content (AvgIpc) is 3.10. The van der Waals surface area contributed by atoms with Crippen molar-refractivity contribution in [2.24, 2.45) is 0 Å². The first-order valence-electron chi connectivity index (χ1n) is 7.75. The Balaban J connectivity index is 1.93. The maximum Gasteiger partial charge on any atom is 0.197 e. The third kappa shape index (κ3) is 4.22. The van der Waals surface area contributed by atoms with Crippen molar-refractivity contribution in [3.05, 3.63) is 64.0 Å². The van der Waals surface area contributed by atoms with E-state index >= 15 is 0 Å². The lowest BCUT2D eigenvalue weighted by Crippen LogP contribution is -2.18. The molecule has 0 bridgehead atoms. The molecule has 0 aliphatic heterocycles. The molecule has 3 aromatic rings. The second-order valence-electron chi connectivity index (χ2n) is 5.62. The van der Waals surface area contributed by atoms with Crippen molar-refractivity contribution in [3.63, 3.8) is 0 Å². The maximum absolute atomic E-state index is 14.3. The van der Waals surface area contributed by atoms with Gasteiger partial charge in [-0.15, -0.1) is 0 Å². The van der Waals surface area contributed by atoms with E-state index in [0.29, 0.717) is 11.1 Å². The molecule has 0 aliphatic rings. The number of carbonyl (C=O) groups excluding carboxylic acids is 1. The number of hydrogen-bond donors (Lipinski definition) is 1. The Morgan fingerprint density at radius 2 is 2.11 bits per heavy atom. The Morgan fingerprint density at radius 3 is 2.85 bits per heavy atom. The number of fused-ring (bicyclic) bond motifs is 1. The normalized spacial score (nSPS) is 12.4. The topological polar surface area (TPSA) is 95.3 Å². The molecule has 1 atom stereocenters. The third-order valence-corrected chi connectivity index (χ3v) is 4.77. The Morgan fingerprint density at radius 1 is 1.33 bits per heavy atom. The van der Waals surface area contributed by atoms with Crippen molar-refractivity contribution >= 4 is 39.8 Å². The summed E-state index contributed by atoms with van der Waals surface area (Å²) in [5, 5.41) is -0.209. The van der Waals surface area contributed by atoms with E-state index in [1.54, 1.807) is 0 Å². The van der Waals surface area contributed by atoms with Crippen molar-refractivity contribution < 1.29 is 26.8 Å². The lowest BCUT2D eigenvalue weighted by Gasteiger charge is -2.12. The number of benzene rings is 2. The van der Waals surface area contributed by atoms with Crippen molar-refractivity contribution in [1.82, 2.24) is 9.71 Å². The predicted molar refractivity (Wildman–Crippen MR) is 94.1 cm³/mol. The van der Waals surface area contributed by atoms with Crippen LogP contribution in [-0.2, 0) is 17.7 Å². The number of rotatable bonds is 7. The number of aromatic nitrogens is 1. The second kappa shape index (κ2) is 8.22. The number of nitrogens with one attached hydrogen (secondary N) is 1. The Bertz CT molecular complexity index is 1040. The molecule has 6 nitrogen and oxygen atoms in total. The molecule has 0 amide bonds. The van der Waals surface area contributed by atoms with Crippen molar-refractivity contribution in [3.8, 4) is 0 Å². The van der Waals surface area contributed by atoms with Gasteiger partial charge >= 0.3 is 0 Å². The molecular weight excluding hydrogens is 402 g/mol. The first-order chi connectivity index (χ1) is 12.9. The van der Waals surface area contributed by atoms with E-state index in [-0.39, 0.29) is 35.5 Å². The number of carbonyl (C=O) groups is 1. The SMILES string of the molecule is O=C(c1ccc2ncoc2c1)c1c(F)c(F)cc(CCCNS(=O)[O-])c1Cl. The van der Waals surface area contributed by atoms with E-state index < -0.39 is 34.2 Å². The summed E-state index contributed by atoms with van der Waals surface area (Å²) in [6.07, 6.45) is 1.65. The molecule has 1 N–H and O–H groups in total. The van der Waals surface area contributed by atoms with Gasteiger partial charge in [-0.05, 0) is 42.7 Å². The summed E-state index contributed by atoms with van der Waals surface area (Å²) in [5.41, 5.74) is 0.538. The van der Waals surface area contributed by atoms with Crippen LogP contribution in [0, 0.1) is 11.6 Å². The van der Waals surface area contributed by atoms with Crippen LogP contribution in [0.3, 0.4) is 0 Å². The van der Waals surface area contributed by atoms with E-state index in [9.17, 15) is 22.3 Å². The first kappa shape index (κ1) is 19.6. The molecule has 0 radical (unpaired) electrons. The van der Waals surface area contributed by atoms with E-state index in [4.69, 9.17) is 16.0 Å². The fraction of sp³-hybridized carbons (Fsp3) is 0.176. The van der Waals surface area contributed by atoms with Gasteiger partial charge in [0.1, 0.15) is 5.52 Å². The minimum atomic E-state index is -2.42. The summed E-state index contributed by atoms with van der Waals surface area (Å²) in [5.74, 6) is -3.35. The van der Waals surface area contributed by atoms with Crippen LogP contribution in [-0.4, -0.2) is 26.1 Å². The van der Waals surface area contributed by atoms with Gasteiger partial charge in [0.15, 0.2) is 29.4 Å². The molecule has 1 heterocycles. The molecular formula is C17H12ClF2N2O4S-. The molecule has 0 fully saturated rings. The van der Waals surface area contributed by atoms with Crippen LogP contribution >= 0.6 is 11.6 Å². The Labute approximate surface area is 160 Å². The average molecular weight is 414 g/mol. The van der Waals surface area contributed by atoms with Crippen LogP contribution < -0.4 is 4.72 Å². The molecule has 2 aromatic carbocycles. The zero-order chi connectivity index (χ0) is 19.6. The van der Waals surface area contributed by atoms with E-state index in [1.807, 2.05) is 0 Å². The van der Waals surface area contributed by atoms with Gasteiger partial charge in [-0.2, -0.15) is 0 Å². The number of nitrogens with zero attached hydrogens (tertiary/aromatic N) is 1. The van der Waals surface area contributed by atoms with Crippen LogP contribution in [0.2, 0.25) is 5.02 Å². The van der Waals surface area contributed by atoms with Crippen LogP contribution in [0.25, 0.3) is 11.1 Å². The van der Waals surface area contributed by atoms with Crippen LogP contribution in [0.5, 0.6) is 0 Å². The molecule has 0 aliphatic carbocycles. The second-order valence-corrected chi connectivity index (χ2v) is 6.75. The number of oxazole rings is 1. The highest BCUT2D eigenvalue weighted by Crippen LogP contribution is 2.30. The van der Waals surface area contributed by atoms with E-state index in [2.05, 4.69) is 9.71 Å². The molecule has 0 saturated carbocycles. The fourth-order valence-electron chi connectivity index (χ4n) is 2.61. The quantitative estimate of drug-likeness (QED) is 0.277. The van der Waals surface area contributed by atoms with Crippen LogP contribution in [0.1, 0.15) is 27.9 Å². The predicted octanol–water partition coefficient (Wildman–Crippen LogP) is 3.31. The molecule has 1 aromatic heterocycles. The van der Waals surface area contributed by atoms with E-state index in [0.717, 1.165) is 6.07 Å². The number of ketones is 1. The van der Waals surface area contributed by atoms with Crippen LogP contribution in [0.15, 0.2) is 35.1 Å². The van der Waals surface area contributed by atoms with Gasteiger partial charge in [0, 0.05) is 23.4 Å². The molecule has 3 rings (SSSR count).